The molecule has 1 atom stereocenters. The van der Waals surface area contributed by atoms with Gasteiger partial charge in [0.15, 0.2) is 29.4 Å². The number of carbonyl (C=O) groups is 1. The standard InChI is InChI=1S/C20H9F5O2/c21-14-13(15(22)17(24)18(25)16(14)23)19-11-7-3-1-5-9(11)10-6-2-4-8-12(10)20(26)27-19/h1-8,19H. The molecule has 1 unspecified atom stereocenters. The lowest BCUT2D eigenvalue weighted by atomic mass is 9.91. The van der Waals surface area contributed by atoms with Crippen LogP contribution in [0.1, 0.15) is 27.6 Å². The van der Waals surface area contributed by atoms with Crippen molar-refractivity contribution in [2.75, 3.05) is 0 Å². The molecular formula is C20H9F5O2. The number of ether oxygens (including phenoxy) is 1. The summed E-state index contributed by atoms with van der Waals surface area (Å²) in [4.78, 5) is 12.5. The van der Waals surface area contributed by atoms with Crippen molar-refractivity contribution in [2.24, 2.45) is 0 Å². The molecule has 0 spiro atoms. The van der Waals surface area contributed by atoms with Gasteiger partial charge in [-0.3, -0.25) is 0 Å². The molecule has 0 bridgehead atoms. The number of carbonyl (C=O) groups excluding carboxylic acids is 1. The van der Waals surface area contributed by atoms with Gasteiger partial charge in [-0.2, -0.15) is 0 Å². The predicted octanol–water partition coefficient (Wildman–Crippen LogP) is 5.31. The molecule has 0 aromatic heterocycles. The fraction of sp³-hybridized carbons (Fsp3) is 0.0500. The maximum atomic E-state index is 14.4. The first-order chi connectivity index (χ1) is 12.9. The molecular weight excluding hydrogens is 367 g/mol. The lowest BCUT2D eigenvalue weighted by Crippen LogP contribution is -2.17. The smallest absolute Gasteiger partial charge is 0.339 e. The minimum Gasteiger partial charge on any atom is -0.449 e. The minimum absolute atomic E-state index is 0.110. The minimum atomic E-state index is -2.27. The summed E-state index contributed by atoms with van der Waals surface area (Å²) in [7, 11) is 0. The van der Waals surface area contributed by atoms with E-state index in [1.807, 2.05) is 0 Å². The first-order valence-electron chi connectivity index (χ1n) is 7.82. The SMILES string of the molecule is O=C1OC(c2c(F)c(F)c(F)c(F)c2F)c2ccccc2-c2ccccc21. The Labute approximate surface area is 149 Å². The molecule has 0 radical (unpaired) electrons. The van der Waals surface area contributed by atoms with Gasteiger partial charge in [0.2, 0.25) is 5.82 Å². The van der Waals surface area contributed by atoms with Crippen LogP contribution in [0.5, 0.6) is 0 Å². The van der Waals surface area contributed by atoms with Gasteiger partial charge in [0.05, 0.1) is 11.1 Å². The second-order valence-electron chi connectivity index (χ2n) is 5.90. The third-order valence-corrected chi connectivity index (χ3v) is 4.41. The van der Waals surface area contributed by atoms with Crippen LogP contribution in [-0.2, 0) is 4.74 Å². The van der Waals surface area contributed by atoms with Crippen molar-refractivity contribution in [2.45, 2.75) is 6.10 Å². The highest BCUT2D eigenvalue weighted by Gasteiger charge is 2.36. The number of benzene rings is 3. The van der Waals surface area contributed by atoms with E-state index in [2.05, 4.69) is 0 Å². The molecule has 0 amide bonds. The fourth-order valence-corrected chi connectivity index (χ4v) is 3.17. The Kier molecular flexibility index (Phi) is 3.95. The van der Waals surface area contributed by atoms with Gasteiger partial charge < -0.3 is 4.74 Å². The highest BCUT2D eigenvalue weighted by Crippen LogP contribution is 2.42. The van der Waals surface area contributed by atoms with Gasteiger partial charge in [-0.05, 0) is 17.2 Å². The molecule has 0 N–H and O–H groups in total. The predicted molar refractivity (Wildman–Crippen MR) is 85.4 cm³/mol. The van der Waals surface area contributed by atoms with E-state index in [0.29, 0.717) is 11.1 Å². The Morgan fingerprint density at radius 1 is 0.630 bits per heavy atom. The Morgan fingerprint density at radius 2 is 1.11 bits per heavy atom. The average molecular weight is 376 g/mol. The van der Waals surface area contributed by atoms with Crippen LogP contribution in [0.3, 0.4) is 0 Å². The summed E-state index contributed by atoms with van der Waals surface area (Å²) in [6.45, 7) is 0. The van der Waals surface area contributed by atoms with Crippen molar-refractivity contribution < 1.29 is 31.5 Å². The van der Waals surface area contributed by atoms with Gasteiger partial charge in [-0.15, -0.1) is 0 Å². The van der Waals surface area contributed by atoms with E-state index < -0.39 is 46.7 Å². The maximum Gasteiger partial charge on any atom is 0.339 e. The Bertz CT molecular complexity index is 1060. The quantitative estimate of drug-likeness (QED) is 0.249. The van der Waals surface area contributed by atoms with Gasteiger partial charge in [-0.25, -0.2) is 26.7 Å². The second-order valence-corrected chi connectivity index (χ2v) is 5.90. The van der Waals surface area contributed by atoms with E-state index in [-0.39, 0.29) is 11.1 Å². The Balaban J connectivity index is 2.04. The third-order valence-electron chi connectivity index (χ3n) is 4.41. The number of fused-ring (bicyclic) bond motifs is 3. The fourth-order valence-electron chi connectivity index (χ4n) is 3.17. The molecule has 0 saturated carbocycles. The van der Waals surface area contributed by atoms with Crippen LogP contribution in [0.2, 0.25) is 0 Å². The highest BCUT2D eigenvalue weighted by molar-refractivity contribution is 5.99. The van der Waals surface area contributed by atoms with Crippen molar-refractivity contribution in [3.05, 3.63) is 94.3 Å². The van der Waals surface area contributed by atoms with E-state index in [0.717, 1.165) is 0 Å². The van der Waals surface area contributed by atoms with Gasteiger partial charge >= 0.3 is 5.97 Å². The van der Waals surface area contributed by atoms with Crippen LogP contribution in [0.15, 0.2) is 48.5 Å². The topological polar surface area (TPSA) is 26.3 Å². The molecule has 27 heavy (non-hydrogen) atoms. The highest BCUT2D eigenvalue weighted by atomic mass is 19.2. The van der Waals surface area contributed by atoms with Crippen LogP contribution in [0, 0.1) is 29.1 Å². The zero-order chi connectivity index (χ0) is 19.3. The van der Waals surface area contributed by atoms with Crippen molar-refractivity contribution in [3.63, 3.8) is 0 Å². The van der Waals surface area contributed by atoms with Crippen LogP contribution >= 0.6 is 0 Å². The van der Waals surface area contributed by atoms with Crippen LogP contribution in [0.25, 0.3) is 11.1 Å². The van der Waals surface area contributed by atoms with Gasteiger partial charge in [0.25, 0.3) is 0 Å². The van der Waals surface area contributed by atoms with Crippen LogP contribution in [0.4, 0.5) is 22.0 Å². The van der Waals surface area contributed by atoms with E-state index >= 15 is 0 Å². The molecule has 0 fully saturated rings. The molecule has 1 aliphatic rings. The molecule has 1 aliphatic heterocycles. The lowest BCUT2D eigenvalue weighted by molar-refractivity contribution is 0.0370. The van der Waals surface area contributed by atoms with E-state index in [1.54, 1.807) is 30.3 Å². The van der Waals surface area contributed by atoms with Crippen LogP contribution in [-0.4, -0.2) is 5.97 Å². The lowest BCUT2D eigenvalue weighted by Gasteiger charge is -2.20. The first kappa shape index (κ1) is 17.2. The number of cyclic esters (lactones) is 1. The van der Waals surface area contributed by atoms with E-state index in [4.69, 9.17) is 4.74 Å². The monoisotopic (exact) mass is 376 g/mol. The van der Waals surface area contributed by atoms with Crippen molar-refractivity contribution in [1.29, 1.82) is 0 Å². The summed E-state index contributed by atoms with van der Waals surface area (Å²) < 4.78 is 74.7. The summed E-state index contributed by atoms with van der Waals surface area (Å²) in [5.41, 5.74) is -0.146. The molecule has 2 nitrogen and oxygen atoms in total. The summed E-state index contributed by atoms with van der Waals surface area (Å²) in [6, 6.07) is 12.4. The molecule has 1 heterocycles. The van der Waals surface area contributed by atoms with Crippen molar-refractivity contribution in [1.82, 2.24) is 0 Å². The summed E-state index contributed by atoms with van der Waals surface area (Å²) in [5.74, 6) is -11.5. The number of esters is 1. The summed E-state index contributed by atoms with van der Waals surface area (Å²) in [6.07, 6.45) is -1.80. The molecule has 3 aromatic carbocycles. The Hall–Kier alpha value is -3.22. The van der Waals surface area contributed by atoms with Crippen molar-refractivity contribution in [3.8, 4) is 11.1 Å². The molecule has 4 rings (SSSR count). The normalized spacial score (nSPS) is 15.6. The number of hydrogen-bond acceptors (Lipinski definition) is 2. The van der Waals surface area contributed by atoms with Gasteiger partial charge in [-0.1, -0.05) is 42.5 Å². The zero-order valence-electron chi connectivity index (χ0n) is 13.4. The average Bonchev–Trinajstić information content (AvgIpc) is 2.81. The molecule has 136 valence electrons. The zero-order valence-corrected chi connectivity index (χ0v) is 13.4. The largest absolute Gasteiger partial charge is 0.449 e. The second kappa shape index (κ2) is 6.19. The summed E-state index contributed by atoms with van der Waals surface area (Å²) >= 11 is 0. The Morgan fingerprint density at radius 3 is 1.74 bits per heavy atom. The summed E-state index contributed by atoms with van der Waals surface area (Å²) in [5, 5.41) is 0. The molecule has 3 aromatic rings. The first-order valence-corrected chi connectivity index (χ1v) is 7.82. The number of hydrogen-bond donors (Lipinski definition) is 0. The van der Waals surface area contributed by atoms with Gasteiger partial charge in [0.1, 0.15) is 0 Å². The third kappa shape index (κ3) is 2.50. The number of rotatable bonds is 1. The maximum absolute atomic E-state index is 14.4. The van der Waals surface area contributed by atoms with Gasteiger partial charge in [0, 0.05) is 5.56 Å². The molecule has 0 saturated heterocycles. The number of halogens is 5. The van der Waals surface area contributed by atoms with Crippen LogP contribution < -0.4 is 0 Å². The van der Waals surface area contributed by atoms with E-state index in [1.165, 1.54) is 18.2 Å². The molecule has 7 heteroatoms. The molecule has 0 aliphatic carbocycles. The van der Waals surface area contributed by atoms with Crippen molar-refractivity contribution >= 4 is 5.97 Å². The van der Waals surface area contributed by atoms with E-state index in [9.17, 15) is 26.7 Å².